The molecule has 6 heteroatoms. The summed E-state index contributed by atoms with van der Waals surface area (Å²) in [5, 5.41) is 12.0. The van der Waals surface area contributed by atoms with Gasteiger partial charge in [0, 0.05) is 5.69 Å². The van der Waals surface area contributed by atoms with E-state index in [2.05, 4.69) is 5.32 Å². The highest BCUT2D eigenvalue weighted by Crippen LogP contribution is 2.21. The van der Waals surface area contributed by atoms with Crippen molar-refractivity contribution in [3.8, 4) is 5.75 Å². The smallest absolute Gasteiger partial charge is 0.412 e. The first-order valence-corrected chi connectivity index (χ1v) is 5.73. The molecule has 1 aromatic carbocycles. The molecule has 0 aromatic heterocycles. The van der Waals surface area contributed by atoms with Crippen molar-refractivity contribution in [1.82, 2.24) is 0 Å². The van der Waals surface area contributed by atoms with Gasteiger partial charge in [-0.3, -0.25) is 5.32 Å². The molecule has 0 aliphatic rings. The zero-order valence-corrected chi connectivity index (χ0v) is 11.3. The van der Waals surface area contributed by atoms with E-state index in [-0.39, 0.29) is 10.7 Å². The zero-order chi connectivity index (χ0) is 13.9. The highest BCUT2D eigenvalue weighted by atomic mass is 32.1. The van der Waals surface area contributed by atoms with E-state index in [9.17, 15) is 9.90 Å². The van der Waals surface area contributed by atoms with E-state index in [1.165, 1.54) is 18.2 Å². The second kappa shape index (κ2) is 5.22. The molecule has 0 spiro atoms. The minimum absolute atomic E-state index is 0.0303. The standard InChI is InChI=1S/C12H16N2O3S/c1-12(2,3)17-11(16)14-7-4-5-9(15)8(6-7)10(13)18/h4-6,15H,1-3H3,(H2,13,18)(H,14,16). The van der Waals surface area contributed by atoms with Crippen LogP contribution in [0, 0.1) is 0 Å². The number of phenolic OH excluding ortho intramolecular Hbond substituents is 1. The number of phenols is 1. The highest BCUT2D eigenvalue weighted by molar-refractivity contribution is 7.80. The van der Waals surface area contributed by atoms with Gasteiger partial charge in [-0.2, -0.15) is 0 Å². The highest BCUT2D eigenvalue weighted by Gasteiger charge is 2.16. The Morgan fingerprint density at radius 1 is 1.44 bits per heavy atom. The summed E-state index contributed by atoms with van der Waals surface area (Å²) >= 11 is 4.78. The fraction of sp³-hybridized carbons (Fsp3) is 0.333. The van der Waals surface area contributed by atoms with Crippen LogP contribution in [0.2, 0.25) is 0 Å². The van der Waals surface area contributed by atoms with Gasteiger partial charge in [0.25, 0.3) is 0 Å². The first kappa shape index (κ1) is 14.2. The van der Waals surface area contributed by atoms with Gasteiger partial charge in [0.15, 0.2) is 0 Å². The maximum atomic E-state index is 11.5. The molecule has 0 saturated heterocycles. The van der Waals surface area contributed by atoms with E-state index in [1.54, 1.807) is 20.8 Å². The normalized spacial score (nSPS) is 10.8. The summed E-state index contributed by atoms with van der Waals surface area (Å²) < 4.78 is 5.10. The van der Waals surface area contributed by atoms with Crippen LogP contribution in [-0.4, -0.2) is 21.8 Å². The Morgan fingerprint density at radius 3 is 2.56 bits per heavy atom. The number of carbonyl (C=O) groups is 1. The van der Waals surface area contributed by atoms with Crippen molar-refractivity contribution >= 4 is 29.0 Å². The lowest BCUT2D eigenvalue weighted by Crippen LogP contribution is -2.27. The molecule has 0 bridgehead atoms. The predicted molar refractivity (Wildman–Crippen MR) is 73.9 cm³/mol. The summed E-state index contributed by atoms with van der Waals surface area (Å²) in [6.45, 7) is 5.30. The van der Waals surface area contributed by atoms with Crippen molar-refractivity contribution in [3.05, 3.63) is 23.8 Å². The minimum atomic E-state index is -0.581. The number of hydrogen-bond donors (Lipinski definition) is 3. The van der Waals surface area contributed by atoms with Gasteiger partial charge in [0.2, 0.25) is 0 Å². The summed E-state index contributed by atoms with van der Waals surface area (Å²) in [7, 11) is 0. The molecule has 0 aliphatic heterocycles. The maximum Gasteiger partial charge on any atom is 0.412 e. The van der Waals surface area contributed by atoms with Gasteiger partial charge in [-0.1, -0.05) is 12.2 Å². The van der Waals surface area contributed by atoms with Crippen molar-refractivity contribution in [2.45, 2.75) is 26.4 Å². The lowest BCUT2D eigenvalue weighted by Gasteiger charge is -2.19. The molecule has 4 N–H and O–H groups in total. The number of nitrogens with one attached hydrogen (secondary N) is 1. The molecule has 98 valence electrons. The van der Waals surface area contributed by atoms with E-state index in [1.807, 2.05) is 0 Å². The Morgan fingerprint density at radius 2 is 2.06 bits per heavy atom. The Labute approximate surface area is 111 Å². The number of carbonyl (C=O) groups excluding carboxylic acids is 1. The van der Waals surface area contributed by atoms with E-state index in [0.29, 0.717) is 11.3 Å². The van der Waals surface area contributed by atoms with E-state index < -0.39 is 11.7 Å². The number of amides is 1. The van der Waals surface area contributed by atoms with Crippen LogP contribution in [0.4, 0.5) is 10.5 Å². The first-order chi connectivity index (χ1) is 8.19. The third kappa shape index (κ3) is 4.21. The van der Waals surface area contributed by atoms with Crippen LogP contribution in [0.3, 0.4) is 0 Å². The third-order valence-corrected chi connectivity index (χ3v) is 2.13. The van der Waals surface area contributed by atoms with Crippen molar-refractivity contribution in [2.75, 3.05) is 5.32 Å². The summed E-state index contributed by atoms with van der Waals surface area (Å²) in [6, 6.07) is 4.42. The maximum absolute atomic E-state index is 11.5. The van der Waals surface area contributed by atoms with Crippen LogP contribution < -0.4 is 11.1 Å². The Bertz CT molecular complexity index is 481. The van der Waals surface area contributed by atoms with Crippen molar-refractivity contribution in [1.29, 1.82) is 0 Å². The number of rotatable bonds is 2. The van der Waals surface area contributed by atoms with Gasteiger partial charge in [0.1, 0.15) is 16.3 Å². The van der Waals surface area contributed by atoms with Crippen LogP contribution >= 0.6 is 12.2 Å². The average Bonchev–Trinajstić information content (AvgIpc) is 2.17. The van der Waals surface area contributed by atoms with Crippen molar-refractivity contribution < 1.29 is 14.6 Å². The first-order valence-electron chi connectivity index (χ1n) is 5.32. The topological polar surface area (TPSA) is 84.6 Å². The Hall–Kier alpha value is -1.82. The Balaban J connectivity index is 2.83. The number of thiocarbonyl (C=S) groups is 1. The number of ether oxygens (including phenoxy) is 1. The number of anilines is 1. The van der Waals surface area contributed by atoms with Crippen LogP contribution in [0.1, 0.15) is 26.3 Å². The monoisotopic (exact) mass is 268 g/mol. The van der Waals surface area contributed by atoms with Crippen LogP contribution in [0.25, 0.3) is 0 Å². The van der Waals surface area contributed by atoms with Gasteiger partial charge in [0.05, 0.1) is 5.56 Å². The van der Waals surface area contributed by atoms with Crippen LogP contribution in [-0.2, 0) is 4.74 Å². The quantitative estimate of drug-likeness (QED) is 0.566. The molecule has 0 unspecified atom stereocenters. The molecule has 0 saturated carbocycles. The summed E-state index contributed by atoms with van der Waals surface area (Å²) in [5.41, 5.74) is 5.62. The minimum Gasteiger partial charge on any atom is -0.507 e. The molecule has 1 amide bonds. The number of nitrogens with two attached hydrogens (primary N) is 1. The SMILES string of the molecule is CC(C)(C)OC(=O)Nc1ccc(O)c(C(N)=S)c1. The number of aromatic hydroxyl groups is 1. The second-order valence-corrected chi connectivity index (χ2v) is 5.16. The lowest BCUT2D eigenvalue weighted by molar-refractivity contribution is 0.0636. The summed E-state index contributed by atoms with van der Waals surface area (Å²) in [6.07, 6.45) is -0.581. The number of hydrogen-bond acceptors (Lipinski definition) is 4. The van der Waals surface area contributed by atoms with E-state index >= 15 is 0 Å². The molecule has 1 aromatic rings. The molecule has 18 heavy (non-hydrogen) atoms. The molecule has 0 heterocycles. The van der Waals surface area contributed by atoms with Gasteiger partial charge < -0.3 is 15.6 Å². The molecule has 5 nitrogen and oxygen atoms in total. The van der Waals surface area contributed by atoms with E-state index in [4.69, 9.17) is 22.7 Å². The predicted octanol–water partition coefficient (Wildman–Crippen LogP) is 2.37. The zero-order valence-electron chi connectivity index (χ0n) is 10.5. The fourth-order valence-corrected chi connectivity index (χ4v) is 1.40. The fourth-order valence-electron chi connectivity index (χ4n) is 1.23. The molecule has 0 aliphatic carbocycles. The van der Waals surface area contributed by atoms with Gasteiger partial charge in [-0.05, 0) is 39.0 Å². The van der Waals surface area contributed by atoms with E-state index in [0.717, 1.165) is 0 Å². The Kier molecular flexibility index (Phi) is 4.13. The number of benzene rings is 1. The molecule has 0 fully saturated rings. The molecule has 0 atom stereocenters. The molecular weight excluding hydrogens is 252 g/mol. The van der Waals surface area contributed by atoms with Crippen molar-refractivity contribution in [3.63, 3.8) is 0 Å². The second-order valence-electron chi connectivity index (χ2n) is 4.72. The summed E-state index contributed by atoms with van der Waals surface area (Å²) in [5.74, 6) is -0.0303. The van der Waals surface area contributed by atoms with Gasteiger partial charge in [-0.25, -0.2) is 4.79 Å². The van der Waals surface area contributed by atoms with Crippen LogP contribution in [0.15, 0.2) is 18.2 Å². The van der Waals surface area contributed by atoms with Gasteiger partial charge >= 0.3 is 6.09 Å². The average molecular weight is 268 g/mol. The van der Waals surface area contributed by atoms with Gasteiger partial charge in [-0.15, -0.1) is 0 Å². The third-order valence-electron chi connectivity index (χ3n) is 1.91. The molecule has 1 rings (SSSR count). The summed E-state index contributed by atoms with van der Waals surface area (Å²) in [4.78, 5) is 11.6. The molecule has 0 radical (unpaired) electrons. The molecular formula is C12H16N2O3S. The largest absolute Gasteiger partial charge is 0.507 e. The van der Waals surface area contributed by atoms with Crippen molar-refractivity contribution in [2.24, 2.45) is 5.73 Å². The van der Waals surface area contributed by atoms with Crippen LogP contribution in [0.5, 0.6) is 5.75 Å². The lowest BCUT2D eigenvalue weighted by atomic mass is 10.2.